The maximum absolute atomic E-state index is 12.8. The Morgan fingerprint density at radius 1 is 1.07 bits per heavy atom. The molecule has 5 nitrogen and oxygen atoms in total. The van der Waals surface area contributed by atoms with Crippen molar-refractivity contribution in [1.82, 2.24) is 14.7 Å². The van der Waals surface area contributed by atoms with Crippen LogP contribution in [0.1, 0.15) is 27.3 Å². The van der Waals surface area contributed by atoms with E-state index in [0.29, 0.717) is 17.3 Å². The second-order valence-electron chi connectivity index (χ2n) is 6.53. The van der Waals surface area contributed by atoms with E-state index in [-0.39, 0.29) is 5.69 Å². The number of aromatic nitrogens is 2. The van der Waals surface area contributed by atoms with Gasteiger partial charge in [0.2, 0.25) is 5.43 Å². The fourth-order valence-corrected chi connectivity index (χ4v) is 2.89. The highest BCUT2D eigenvalue weighted by molar-refractivity contribution is 6.30. The van der Waals surface area contributed by atoms with Crippen molar-refractivity contribution in [2.75, 3.05) is 7.05 Å². The summed E-state index contributed by atoms with van der Waals surface area (Å²) in [6, 6.07) is 16.4. The van der Waals surface area contributed by atoms with E-state index in [4.69, 9.17) is 11.6 Å². The van der Waals surface area contributed by atoms with Gasteiger partial charge in [0.1, 0.15) is 0 Å². The summed E-state index contributed by atoms with van der Waals surface area (Å²) >= 11 is 5.93. The van der Waals surface area contributed by atoms with E-state index in [1.54, 1.807) is 42.9 Å². The molecule has 3 rings (SSSR count). The number of hydrogen-bond acceptors (Lipinski definition) is 3. The zero-order valence-electron chi connectivity index (χ0n) is 15.4. The number of hydrogen-bond donors (Lipinski definition) is 0. The minimum Gasteiger partial charge on any atom is -0.336 e. The van der Waals surface area contributed by atoms with E-state index in [1.165, 1.54) is 11.0 Å². The molecule has 27 heavy (non-hydrogen) atoms. The van der Waals surface area contributed by atoms with Crippen molar-refractivity contribution in [3.8, 4) is 5.69 Å². The molecule has 0 spiro atoms. The number of aryl methyl sites for hydroxylation is 2. The maximum atomic E-state index is 12.8. The first-order valence-corrected chi connectivity index (χ1v) is 8.91. The zero-order chi connectivity index (χ0) is 19.6. The molecule has 1 heterocycles. The molecule has 0 radical (unpaired) electrons. The van der Waals surface area contributed by atoms with Crippen LogP contribution in [-0.2, 0) is 6.54 Å². The summed E-state index contributed by atoms with van der Waals surface area (Å²) in [7, 11) is 1.66. The Balaban J connectivity index is 1.91. The average Bonchev–Trinajstić information content (AvgIpc) is 2.64. The average molecular weight is 382 g/mol. The zero-order valence-corrected chi connectivity index (χ0v) is 16.2. The van der Waals surface area contributed by atoms with Crippen molar-refractivity contribution in [2.24, 2.45) is 0 Å². The molecule has 0 aliphatic carbocycles. The largest absolute Gasteiger partial charge is 0.336 e. The lowest BCUT2D eigenvalue weighted by Gasteiger charge is -2.18. The van der Waals surface area contributed by atoms with E-state index >= 15 is 0 Å². The molecule has 138 valence electrons. The third-order valence-electron chi connectivity index (χ3n) is 4.27. The number of halogens is 1. The van der Waals surface area contributed by atoms with Gasteiger partial charge in [0, 0.05) is 30.4 Å². The van der Waals surface area contributed by atoms with Crippen LogP contribution in [0, 0.1) is 13.8 Å². The van der Waals surface area contributed by atoms with Crippen molar-refractivity contribution in [3.05, 3.63) is 92.4 Å². The molecular weight excluding hydrogens is 362 g/mol. The van der Waals surface area contributed by atoms with Gasteiger partial charge in [0.25, 0.3) is 5.91 Å². The molecule has 0 aliphatic heterocycles. The predicted molar refractivity (Wildman–Crippen MR) is 107 cm³/mol. The van der Waals surface area contributed by atoms with Crippen LogP contribution in [-0.4, -0.2) is 27.6 Å². The van der Waals surface area contributed by atoms with Crippen molar-refractivity contribution in [1.29, 1.82) is 0 Å². The van der Waals surface area contributed by atoms with Crippen molar-refractivity contribution in [3.63, 3.8) is 0 Å². The first kappa shape index (κ1) is 18.9. The number of nitrogens with zero attached hydrogens (tertiary/aromatic N) is 3. The third-order valence-corrected chi connectivity index (χ3v) is 4.52. The molecule has 1 amide bonds. The van der Waals surface area contributed by atoms with E-state index in [0.717, 1.165) is 16.8 Å². The van der Waals surface area contributed by atoms with Crippen LogP contribution in [0.5, 0.6) is 0 Å². The Morgan fingerprint density at radius 2 is 1.70 bits per heavy atom. The normalized spacial score (nSPS) is 10.7. The van der Waals surface area contributed by atoms with Gasteiger partial charge in [-0.2, -0.15) is 5.10 Å². The first-order valence-electron chi connectivity index (χ1n) is 8.53. The maximum Gasteiger partial charge on any atom is 0.278 e. The molecule has 0 fully saturated rings. The predicted octanol–water partition coefficient (Wildman–Crippen LogP) is 3.77. The van der Waals surface area contributed by atoms with Crippen LogP contribution < -0.4 is 5.43 Å². The Morgan fingerprint density at radius 3 is 2.33 bits per heavy atom. The highest BCUT2D eigenvalue weighted by Crippen LogP contribution is 2.14. The van der Waals surface area contributed by atoms with Crippen molar-refractivity contribution in [2.45, 2.75) is 20.4 Å². The molecule has 1 aromatic heterocycles. The summed E-state index contributed by atoms with van der Waals surface area (Å²) in [4.78, 5) is 26.7. The Labute approximate surface area is 162 Å². The number of carbonyl (C=O) groups excluding carboxylic acids is 1. The molecule has 0 unspecified atom stereocenters. The number of rotatable bonds is 4. The SMILES string of the molecule is Cc1ccc(CN(C)C(=O)c2nn(-c3ccc(Cl)cc3)c(C)cc2=O)cc1. The highest BCUT2D eigenvalue weighted by atomic mass is 35.5. The second-order valence-corrected chi connectivity index (χ2v) is 6.97. The fraction of sp³-hybridized carbons (Fsp3) is 0.190. The van der Waals surface area contributed by atoms with Crippen LogP contribution >= 0.6 is 11.6 Å². The second kappa shape index (κ2) is 7.76. The lowest BCUT2D eigenvalue weighted by Crippen LogP contribution is -2.33. The van der Waals surface area contributed by atoms with E-state index in [9.17, 15) is 9.59 Å². The van der Waals surface area contributed by atoms with Gasteiger partial charge < -0.3 is 4.90 Å². The monoisotopic (exact) mass is 381 g/mol. The summed E-state index contributed by atoms with van der Waals surface area (Å²) < 4.78 is 1.57. The van der Waals surface area contributed by atoms with Crippen molar-refractivity contribution < 1.29 is 4.79 Å². The summed E-state index contributed by atoms with van der Waals surface area (Å²) in [5.41, 5.74) is 3.01. The Kier molecular flexibility index (Phi) is 5.42. The molecule has 6 heteroatoms. The van der Waals surface area contributed by atoms with E-state index in [1.807, 2.05) is 31.2 Å². The summed E-state index contributed by atoms with van der Waals surface area (Å²) in [6.07, 6.45) is 0. The fourth-order valence-electron chi connectivity index (χ4n) is 2.76. The smallest absolute Gasteiger partial charge is 0.278 e. The molecule has 0 saturated carbocycles. The van der Waals surface area contributed by atoms with Crippen LogP contribution in [0.25, 0.3) is 5.69 Å². The van der Waals surface area contributed by atoms with Gasteiger partial charge in [-0.1, -0.05) is 41.4 Å². The molecule has 0 bridgehead atoms. The third kappa shape index (κ3) is 4.26. The standard InChI is InChI=1S/C21H20ClN3O2/c1-14-4-6-16(7-5-14)13-24(3)21(27)20-19(26)12-15(2)25(23-20)18-10-8-17(22)9-11-18/h4-12H,13H2,1-3H3. The highest BCUT2D eigenvalue weighted by Gasteiger charge is 2.19. The summed E-state index contributed by atoms with van der Waals surface area (Å²) in [6.45, 7) is 4.18. The van der Waals surface area contributed by atoms with Crippen LogP contribution in [0.4, 0.5) is 0 Å². The molecular formula is C21H20ClN3O2. The minimum atomic E-state index is -0.414. The van der Waals surface area contributed by atoms with Gasteiger partial charge >= 0.3 is 0 Å². The Hall–Kier alpha value is -2.92. The van der Waals surface area contributed by atoms with Gasteiger partial charge in [-0.05, 0) is 43.7 Å². The van der Waals surface area contributed by atoms with Gasteiger partial charge in [-0.3, -0.25) is 9.59 Å². The topological polar surface area (TPSA) is 55.2 Å². The quantitative estimate of drug-likeness (QED) is 0.691. The van der Waals surface area contributed by atoms with Crippen LogP contribution in [0.15, 0.2) is 59.4 Å². The van der Waals surface area contributed by atoms with Gasteiger partial charge in [-0.25, -0.2) is 4.68 Å². The molecule has 0 saturated heterocycles. The molecule has 3 aromatic rings. The summed E-state index contributed by atoms with van der Waals surface area (Å²) in [5.74, 6) is -0.414. The number of benzene rings is 2. The lowest BCUT2D eigenvalue weighted by molar-refractivity contribution is 0.0776. The first-order chi connectivity index (χ1) is 12.8. The molecule has 2 aromatic carbocycles. The molecule has 0 aliphatic rings. The van der Waals surface area contributed by atoms with Gasteiger partial charge in [0.15, 0.2) is 5.69 Å². The van der Waals surface area contributed by atoms with Crippen LogP contribution in [0.3, 0.4) is 0 Å². The number of amides is 1. The van der Waals surface area contributed by atoms with Gasteiger partial charge in [0.05, 0.1) is 5.69 Å². The van der Waals surface area contributed by atoms with E-state index < -0.39 is 11.3 Å². The van der Waals surface area contributed by atoms with E-state index in [2.05, 4.69) is 5.10 Å². The molecule has 0 atom stereocenters. The number of carbonyl (C=O) groups is 1. The Bertz CT molecular complexity index is 1020. The van der Waals surface area contributed by atoms with Gasteiger partial charge in [-0.15, -0.1) is 0 Å². The van der Waals surface area contributed by atoms with Crippen molar-refractivity contribution >= 4 is 17.5 Å². The lowest BCUT2D eigenvalue weighted by atomic mass is 10.1. The minimum absolute atomic E-state index is 0.106. The summed E-state index contributed by atoms with van der Waals surface area (Å²) in [5, 5.41) is 4.92. The molecule has 0 N–H and O–H groups in total. The van der Waals surface area contributed by atoms with Crippen LogP contribution in [0.2, 0.25) is 5.02 Å².